The van der Waals surface area contributed by atoms with E-state index in [-0.39, 0.29) is 0 Å². The molecule has 118 valence electrons. The first-order valence-corrected chi connectivity index (χ1v) is 7.95. The summed E-state index contributed by atoms with van der Waals surface area (Å²) in [5, 5.41) is 3.99. The lowest BCUT2D eigenvalue weighted by Crippen LogP contribution is -2.28. The maximum Gasteiger partial charge on any atom is 0.168 e. The van der Waals surface area contributed by atoms with E-state index in [1.54, 1.807) is 18.5 Å². The smallest absolute Gasteiger partial charge is 0.168 e. The molecule has 4 nitrogen and oxygen atoms in total. The van der Waals surface area contributed by atoms with Crippen molar-refractivity contribution < 1.29 is 4.74 Å². The third-order valence-corrected chi connectivity index (χ3v) is 3.79. The van der Waals surface area contributed by atoms with Crippen molar-refractivity contribution in [3.05, 3.63) is 47.7 Å². The molecule has 0 bridgehead atoms. The van der Waals surface area contributed by atoms with Gasteiger partial charge in [0.25, 0.3) is 0 Å². The Hall–Kier alpha value is -1.78. The van der Waals surface area contributed by atoms with E-state index in [2.05, 4.69) is 29.0 Å². The average molecular weight is 320 g/mol. The van der Waals surface area contributed by atoms with Gasteiger partial charge < -0.3 is 15.0 Å². The molecule has 2 rings (SSSR count). The van der Waals surface area contributed by atoms with Crippen LogP contribution in [0.5, 0.6) is 11.5 Å². The number of halogens is 1. The minimum absolute atomic E-state index is 0.584. The summed E-state index contributed by atoms with van der Waals surface area (Å²) in [5.41, 5.74) is 0.919. The number of rotatable bonds is 8. The second-order valence-electron chi connectivity index (χ2n) is 4.86. The van der Waals surface area contributed by atoms with Crippen LogP contribution in [0.15, 0.2) is 42.7 Å². The van der Waals surface area contributed by atoms with E-state index >= 15 is 0 Å². The molecule has 0 saturated heterocycles. The van der Waals surface area contributed by atoms with Crippen molar-refractivity contribution in [1.29, 1.82) is 0 Å². The summed E-state index contributed by atoms with van der Waals surface area (Å²) >= 11 is 6.14. The molecule has 0 unspecified atom stereocenters. The van der Waals surface area contributed by atoms with Gasteiger partial charge in [-0.3, -0.25) is 4.98 Å². The molecule has 5 heteroatoms. The monoisotopic (exact) mass is 319 g/mol. The van der Waals surface area contributed by atoms with Crippen molar-refractivity contribution in [2.45, 2.75) is 13.8 Å². The van der Waals surface area contributed by atoms with Crippen LogP contribution >= 0.6 is 11.6 Å². The lowest BCUT2D eigenvalue weighted by atomic mass is 10.3. The Bertz CT molecular complexity index is 588. The molecule has 1 N–H and O–H groups in total. The zero-order valence-electron chi connectivity index (χ0n) is 13.1. The molecule has 0 fully saturated rings. The van der Waals surface area contributed by atoms with Crippen LogP contribution in [0.1, 0.15) is 13.8 Å². The highest BCUT2D eigenvalue weighted by Crippen LogP contribution is 2.32. The maximum atomic E-state index is 6.14. The number of pyridine rings is 1. The standard InChI is InChI=1S/C17H22ClN3O/c1-3-21(4-2)12-11-20-15-9-10-19-13-17(15)22-16-8-6-5-7-14(16)18/h5-10,13H,3-4,11-12H2,1-2H3,(H,19,20). The molecule has 0 saturated carbocycles. The number of hydrogen-bond acceptors (Lipinski definition) is 4. The largest absolute Gasteiger partial charge is 0.452 e. The minimum atomic E-state index is 0.584. The SMILES string of the molecule is CCN(CC)CCNc1ccncc1Oc1ccccc1Cl. The normalized spacial score (nSPS) is 10.7. The highest BCUT2D eigenvalue weighted by atomic mass is 35.5. The number of aromatic nitrogens is 1. The maximum absolute atomic E-state index is 6.14. The number of benzene rings is 1. The molecule has 22 heavy (non-hydrogen) atoms. The molecular weight excluding hydrogens is 298 g/mol. The van der Waals surface area contributed by atoms with E-state index in [9.17, 15) is 0 Å². The van der Waals surface area contributed by atoms with Crippen LogP contribution in [-0.4, -0.2) is 36.1 Å². The Morgan fingerprint density at radius 2 is 1.91 bits per heavy atom. The number of anilines is 1. The van der Waals surface area contributed by atoms with Gasteiger partial charge in [0.05, 0.1) is 16.9 Å². The fourth-order valence-electron chi connectivity index (χ4n) is 2.14. The number of para-hydroxylation sites is 1. The zero-order chi connectivity index (χ0) is 15.8. The Balaban J connectivity index is 2.02. The van der Waals surface area contributed by atoms with Gasteiger partial charge in [-0.1, -0.05) is 37.6 Å². The Morgan fingerprint density at radius 3 is 2.64 bits per heavy atom. The van der Waals surface area contributed by atoms with E-state index in [0.29, 0.717) is 16.5 Å². The summed E-state index contributed by atoms with van der Waals surface area (Å²) in [5.74, 6) is 1.30. The van der Waals surface area contributed by atoms with Crippen LogP contribution in [0.25, 0.3) is 0 Å². The van der Waals surface area contributed by atoms with Crippen LogP contribution < -0.4 is 10.1 Å². The Kier molecular flexibility index (Phi) is 6.49. The number of nitrogens with zero attached hydrogens (tertiary/aromatic N) is 2. The lowest BCUT2D eigenvalue weighted by molar-refractivity contribution is 0.316. The van der Waals surface area contributed by atoms with Crippen molar-refractivity contribution in [3.8, 4) is 11.5 Å². The molecule has 0 aliphatic carbocycles. The van der Waals surface area contributed by atoms with Gasteiger partial charge in [0.15, 0.2) is 5.75 Å². The van der Waals surface area contributed by atoms with Gasteiger partial charge in [-0.2, -0.15) is 0 Å². The van der Waals surface area contributed by atoms with Crippen molar-refractivity contribution >= 4 is 17.3 Å². The predicted molar refractivity (Wildman–Crippen MR) is 92.0 cm³/mol. The quantitative estimate of drug-likeness (QED) is 0.788. The summed E-state index contributed by atoms with van der Waals surface area (Å²) in [6.45, 7) is 8.28. The molecule has 1 heterocycles. The summed E-state index contributed by atoms with van der Waals surface area (Å²) in [6, 6.07) is 9.33. The summed E-state index contributed by atoms with van der Waals surface area (Å²) in [7, 11) is 0. The Morgan fingerprint density at radius 1 is 1.14 bits per heavy atom. The van der Waals surface area contributed by atoms with Crippen LogP contribution in [0.3, 0.4) is 0 Å². The van der Waals surface area contributed by atoms with Crippen LogP contribution in [0, 0.1) is 0 Å². The van der Waals surface area contributed by atoms with E-state index in [0.717, 1.165) is 31.9 Å². The summed E-state index contributed by atoms with van der Waals surface area (Å²) < 4.78 is 5.88. The van der Waals surface area contributed by atoms with Gasteiger partial charge in [0, 0.05) is 19.3 Å². The molecule has 0 spiro atoms. The molecule has 0 aliphatic heterocycles. The first-order valence-electron chi connectivity index (χ1n) is 7.57. The zero-order valence-corrected chi connectivity index (χ0v) is 13.8. The molecule has 1 aromatic carbocycles. The first kappa shape index (κ1) is 16.6. The van der Waals surface area contributed by atoms with E-state index < -0.39 is 0 Å². The minimum Gasteiger partial charge on any atom is -0.452 e. The summed E-state index contributed by atoms with van der Waals surface area (Å²) in [4.78, 5) is 6.49. The number of nitrogens with one attached hydrogen (secondary N) is 1. The molecule has 0 aliphatic rings. The lowest BCUT2D eigenvalue weighted by Gasteiger charge is -2.19. The van der Waals surface area contributed by atoms with E-state index in [4.69, 9.17) is 16.3 Å². The highest BCUT2D eigenvalue weighted by Gasteiger charge is 2.07. The van der Waals surface area contributed by atoms with E-state index in [1.807, 2.05) is 24.3 Å². The topological polar surface area (TPSA) is 37.4 Å². The molecule has 1 aromatic heterocycles. The summed E-state index contributed by atoms with van der Waals surface area (Å²) in [6.07, 6.45) is 3.45. The first-order chi connectivity index (χ1) is 10.7. The highest BCUT2D eigenvalue weighted by molar-refractivity contribution is 6.32. The fourth-order valence-corrected chi connectivity index (χ4v) is 2.32. The number of hydrogen-bond donors (Lipinski definition) is 1. The van der Waals surface area contributed by atoms with Crippen LogP contribution in [0.2, 0.25) is 5.02 Å². The van der Waals surface area contributed by atoms with E-state index in [1.165, 1.54) is 0 Å². The van der Waals surface area contributed by atoms with Crippen LogP contribution in [-0.2, 0) is 0 Å². The van der Waals surface area contributed by atoms with Gasteiger partial charge in [0.2, 0.25) is 0 Å². The van der Waals surface area contributed by atoms with Gasteiger partial charge in [-0.15, -0.1) is 0 Å². The predicted octanol–water partition coefficient (Wildman–Crippen LogP) is 4.28. The molecule has 0 radical (unpaired) electrons. The van der Waals surface area contributed by atoms with Gasteiger partial charge in [-0.25, -0.2) is 0 Å². The molecule has 0 atom stereocenters. The van der Waals surface area contributed by atoms with Gasteiger partial charge >= 0.3 is 0 Å². The van der Waals surface area contributed by atoms with Gasteiger partial charge in [0.1, 0.15) is 5.75 Å². The average Bonchev–Trinajstić information content (AvgIpc) is 2.55. The molecular formula is C17H22ClN3O. The third kappa shape index (κ3) is 4.61. The number of likely N-dealkylation sites (N-methyl/N-ethyl adjacent to an activating group) is 1. The molecule has 2 aromatic rings. The Labute approximate surface area is 137 Å². The third-order valence-electron chi connectivity index (χ3n) is 3.48. The fraction of sp³-hybridized carbons (Fsp3) is 0.353. The van der Waals surface area contributed by atoms with Crippen molar-refractivity contribution in [1.82, 2.24) is 9.88 Å². The second kappa shape index (κ2) is 8.61. The molecule has 0 amide bonds. The van der Waals surface area contributed by atoms with Crippen molar-refractivity contribution in [2.75, 3.05) is 31.5 Å². The van der Waals surface area contributed by atoms with Crippen LogP contribution in [0.4, 0.5) is 5.69 Å². The second-order valence-corrected chi connectivity index (χ2v) is 5.27. The van der Waals surface area contributed by atoms with Crippen molar-refractivity contribution in [2.24, 2.45) is 0 Å². The number of ether oxygens (including phenoxy) is 1. The van der Waals surface area contributed by atoms with Crippen molar-refractivity contribution in [3.63, 3.8) is 0 Å². The van der Waals surface area contributed by atoms with Gasteiger partial charge in [-0.05, 0) is 31.3 Å².